The van der Waals surface area contributed by atoms with Gasteiger partial charge < -0.3 is 10.1 Å². The second-order valence-electron chi connectivity index (χ2n) is 3.89. The Hall–Kier alpha value is 0.130. The molecule has 0 radical (unpaired) electrons. The van der Waals surface area contributed by atoms with Crippen LogP contribution in [0.15, 0.2) is 0 Å². The van der Waals surface area contributed by atoms with Gasteiger partial charge in [-0.2, -0.15) is 23.5 Å². The van der Waals surface area contributed by atoms with Gasteiger partial charge in [0, 0.05) is 35.1 Å². The molecule has 2 atom stereocenters. The summed E-state index contributed by atoms with van der Waals surface area (Å²) < 4.78 is 4.92. The highest BCUT2D eigenvalue weighted by molar-refractivity contribution is 8.06. The highest BCUT2D eigenvalue weighted by Gasteiger charge is 2.16. The molecular weight excluding hydrogens is 242 g/mol. The van der Waals surface area contributed by atoms with Gasteiger partial charge >= 0.3 is 5.97 Å². The molecule has 5 heteroatoms. The van der Waals surface area contributed by atoms with Crippen LogP contribution in [-0.4, -0.2) is 47.7 Å². The van der Waals surface area contributed by atoms with Crippen molar-refractivity contribution in [2.45, 2.75) is 31.6 Å². The topological polar surface area (TPSA) is 38.3 Å². The van der Waals surface area contributed by atoms with Crippen LogP contribution in [0.25, 0.3) is 0 Å². The lowest BCUT2D eigenvalue weighted by Gasteiger charge is -2.23. The van der Waals surface area contributed by atoms with Crippen LogP contribution in [0.4, 0.5) is 0 Å². The van der Waals surface area contributed by atoms with Crippen LogP contribution >= 0.6 is 23.5 Å². The van der Waals surface area contributed by atoms with Crippen molar-refractivity contribution >= 4 is 29.5 Å². The van der Waals surface area contributed by atoms with Gasteiger partial charge in [-0.25, -0.2) is 0 Å². The Labute approximate surface area is 106 Å². The van der Waals surface area contributed by atoms with E-state index in [0.29, 0.717) is 18.3 Å². The van der Waals surface area contributed by atoms with Gasteiger partial charge in [-0.15, -0.1) is 0 Å². The molecule has 0 aromatic heterocycles. The summed E-state index contributed by atoms with van der Waals surface area (Å²) in [5, 5.41) is 4.10. The zero-order chi connectivity index (χ0) is 11.8. The Morgan fingerprint density at radius 3 is 3.00 bits per heavy atom. The summed E-state index contributed by atoms with van der Waals surface area (Å²) >= 11 is 4.06. The van der Waals surface area contributed by atoms with E-state index in [1.807, 2.05) is 37.4 Å². The minimum absolute atomic E-state index is 0.104. The summed E-state index contributed by atoms with van der Waals surface area (Å²) in [6.07, 6.45) is 0.471. The fraction of sp³-hybridized carbons (Fsp3) is 0.909. The zero-order valence-corrected chi connectivity index (χ0v) is 11.7. The molecule has 1 saturated heterocycles. The molecule has 1 rings (SSSR count). The number of thioether (sulfide) groups is 2. The highest BCUT2D eigenvalue weighted by Crippen LogP contribution is 2.23. The van der Waals surface area contributed by atoms with E-state index >= 15 is 0 Å². The molecule has 0 aliphatic carbocycles. The number of hydrogen-bond acceptors (Lipinski definition) is 5. The molecule has 1 aliphatic rings. The third kappa shape index (κ3) is 6.01. The SMILES string of the molecule is CCOC(=O)CC(C)NCC1CSCCS1. The number of hydrogen-bond donors (Lipinski definition) is 1. The average molecular weight is 263 g/mol. The first kappa shape index (κ1) is 14.2. The van der Waals surface area contributed by atoms with E-state index in [0.717, 1.165) is 6.54 Å². The van der Waals surface area contributed by atoms with E-state index in [-0.39, 0.29) is 12.0 Å². The van der Waals surface area contributed by atoms with Gasteiger partial charge in [-0.3, -0.25) is 4.79 Å². The summed E-state index contributed by atoms with van der Waals surface area (Å²) in [5.74, 6) is 3.65. The van der Waals surface area contributed by atoms with Crippen molar-refractivity contribution < 1.29 is 9.53 Å². The monoisotopic (exact) mass is 263 g/mol. The molecule has 0 spiro atoms. The van der Waals surface area contributed by atoms with Crippen LogP contribution in [-0.2, 0) is 9.53 Å². The first-order valence-corrected chi connectivity index (χ1v) is 8.01. The van der Waals surface area contributed by atoms with Gasteiger partial charge in [-0.05, 0) is 13.8 Å². The van der Waals surface area contributed by atoms with Crippen molar-refractivity contribution in [2.24, 2.45) is 0 Å². The molecular formula is C11H21NO2S2. The molecule has 0 aromatic rings. The Morgan fingerprint density at radius 1 is 1.56 bits per heavy atom. The molecule has 3 nitrogen and oxygen atoms in total. The number of esters is 1. The van der Waals surface area contributed by atoms with Crippen LogP contribution in [0.5, 0.6) is 0 Å². The van der Waals surface area contributed by atoms with Crippen LogP contribution in [0.2, 0.25) is 0 Å². The van der Waals surface area contributed by atoms with E-state index in [1.165, 1.54) is 17.3 Å². The van der Waals surface area contributed by atoms with Crippen molar-refractivity contribution in [2.75, 3.05) is 30.4 Å². The predicted molar refractivity (Wildman–Crippen MR) is 72.3 cm³/mol. The van der Waals surface area contributed by atoms with Crippen molar-refractivity contribution in [3.05, 3.63) is 0 Å². The third-order valence-corrected chi connectivity index (χ3v) is 5.20. The van der Waals surface area contributed by atoms with E-state index in [9.17, 15) is 4.79 Å². The Kier molecular flexibility index (Phi) is 7.32. The Morgan fingerprint density at radius 2 is 2.38 bits per heavy atom. The number of carbonyl (C=O) groups excluding carboxylic acids is 1. The predicted octanol–water partition coefficient (Wildman–Crippen LogP) is 1.77. The lowest BCUT2D eigenvalue weighted by Crippen LogP contribution is -2.36. The quantitative estimate of drug-likeness (QED) is 0.739. The summed E-state index contributed by atoms with van der Waals surface area (Å²) in [6.45, 7) is 5.35. The number of carbonyl (C=O) groups is 1. The van der Waals surface area contributed by atoms with Gasteiger partial charge in [0.2, 0.25) is 0 Å². The first-order valence-electron chi connectivity index (χ1n) is 5.80. The minimum atomic E-state index is -0.104. The van der Waals surface area contributed by atoms with Crippen molar-refractivity contribution in [3.8, 4) is 0 Å². The maximum absolute atomic E-state index is 11.2. The fourth-order valence-corrected chi connectivity index (χ4v) is 4.15. The van der Waals surface area contributed by atoms with Gasteiger partial charge in [0.1, 0.15) is 0 Å². The smallest absolute Gasteiger partial charge is 0.307 e. The minimum Gasteiger partial charge on any atom is -0.466 e. The molecule has 1 N–H and O–H groups in total. The molecule has 0 saturated carbocycles. The van der Waals surface area contributed by atoms with Crippen molar-refractivity contribution in [3.63, 3.8) is 0 Å². The van der Waals surface area contributed by atoms with Crippen molar-refractivity contribution in [1.82, 2.24) is 5.32 Å². The van der Waals surface area contributed by atoms with Crippen LogP contribution in [0.3, 0.4) is 0 Å². The first-order chi connectivity index (χ1) is 7.72. The van der Waals surface area contributed by atoms with E-state index in [2.05, 4.69) is 5.32 Å². The Balaban J connectivity index is 2.08. The summed E-state index contributed by atoms with van der Waals surface area (Å²) in [4.78, 5) is 11.2. The molecule has 16 heavy (non-hydrogen) atoms. The van der Waals surface area contributed by atoms with Gasteiger partial charge in [0.25, 0.3) is 0 Å². The number of ether oxygens (including phenoxy) is 1. The molecule has 2 unspecified atom stereocenters. The summed E-state index contributed by atoms with van der Waals surface area (Å²) in [7, 11) is 0. The molecule has 94 valence electrons. The van der Waals surface area contributed by atoms with Crippen LogP contribution < -0.4 is 5.32 Å². The number of rotatable bonds is 6. The van der Waals surface area contributed by atoms with E-state index < -0.39 is 0 Å². The van der Waals surface area contributed by atoms with E-state index in [4.69, 9.17) is 4.74 Å². The zero-order valence-electron chi connectivity index (χ0n) is 10.0. The summed E-state index contributed by atoms with van der Waals surface area (Å²) in [5.41, 5.74) is 0. The lowest BCUT2D eigenvalue weighted by atomic mass is 10.2. The second-order valence-corrected chi connectivity index (χ2v) is 6.44. The lowest BCUT2D eigenvalue weighted by molar-refractivity contribution is -0.143. The normalized spacial score (nSPS) is 22.8. The number of nitrogens with one attached hydrogen (secondary N) is 1. The standard InChI is InChI=1S/C11H21NO2S2/c1-3-14-11(13)6-9(2)12-7-10-8-15-4-5-16-10/h9-10,12H,3-8H2,1-2H3. The highest BCUT2D eigenvalue weighted by atomic mass is 32.2. The van der Waals surface area contributed by atoms with Crippen molar-refractivity contribution in [1.29, 1.82) is 0 Å². The van der Waals surface area contributed by atoms with E-state index in [1.54, 1.807) is 0 Å². The van der Waals surface area contributed by atoms with Gasteiger partial charge in [0.15, 0.2) is 0 Å². The Bertz CT molecular complexity index is 208. The van der Waals surface area contributed by atoms with Gasteiger partial charge in [0.05, 0.1) is 13.0 Å². The van der Waals surface area contributed by atoms with Gasteiger partial charge in [-0.1, -0.05) is 0 Å². The maximum Gasteiger partial charge on any atom is 0.307 e. The summed E-state index contributed by atoms with van der Waals surface area (Å²) in [6, 6.07) is 0.214. The maximum atomic E-state index is 11.2. The molecule has 1 fully saturated rings. The van der Waals surface area contributed by atoms with Crippen LogP contribution in [0.1, 0.15) is 20.3 Å². The van der Waals surface area contributed by atoms with Crippen LogP contribution in [0, 0.1) is 0 Å². The largest absolute Gasteiger partial charge is 0.466 e. The average Bonchev–Trinajstić information content (AvgIpc) is 2.28. The second kappa shape index (κ2) is 8.25. The third-order valence-electron chi connectivity index (χ3n) is 2.36. The fourth-order valence-electron chi connectivity index (χ4n) is 1.53. The molecule has 1 heterocycles. The molecule has 1 aliphatic heterocycles. The molecule has 0 aromatic carbocycles. The molecule has 0 bridgehead atoms. The molecule has 0 amide bonds.